The second-order valence-electron chi connectivity index (χ2n) is 4.90. The Kier molecular flexibility index (Phi) is 3.85. The van der Waals surface area contributed by atoms with Crippen molar-refractivity contribution in [1.29, 1.82) is 0 Å². The number of imidazole rings is 1. The van der Waals surface area contributed by atoms with E-state index in [4.69, 9.17) is 23.2 Å². The summed E-state index contributed by atoms with van der Waals surface area (Å²) in [5.41, 5.74) is 1.98. The van der Waals surface area contributed by atoms with E-state index in [2.05, 4.69) is 20.7 Å². The summed E-state index contributed by atoms with van der Waals surface area (Å²) in [5, 5.41) is 3.08. The van der Waals surface area contributed by atoms with E-state index >= 15 is 0 Å². The average molecular weight is 298 g/mol. The molecule has 1 fully saturated rings. The number of hydrogen-bond acceptors (Lipinski definition) is 2. The number of nitrogens with zero attached hydrogens (tertiary/aromatic N) is 3. The minimum absolute atomic E-state index is 0.578. The van der Waals surface area contributed by atoms with Gasteiger partial charge in [-0.3, -0.25) is 0 Å². The molecule has 2 heterocycles. The summed E-state index contributed by atoms with van der Waals surface area (Å²) in [6.45, 7) is 2.15. The number of rotatable bonds is 3. The Morgan fingerprint density at radius 1 is 1.16 bits per heavy atom. The number of aromatic nitrogens is 2. The van der Waals surface area contributed by atoms with Crippen LogP contribution >= 0.6 is 23.2 Å². The molecule has 0 saturated carbocycles. The van der Waals surface area contributed by atoms with Crippen molar-refractivity contribution in [3.8, 4) is 0 Å². The maximum Gasteiger partial charge on any atom is 0.130 e. The molecule has 5 heteroatoms. The highest BCUT2D eigenvalue weighted by Gasteiger charge is 2.19. The van der Waals surface area contributed by atoms with E-state index in [-0.39, 0.29) is 0 Å². The molecule has 19 heavy (non-hydrogen) atoms. The summed E-state index contributed by atoms with van der Waals surface area (Å²) in [7, 11) is 0. The Morgan fingerprint density at radius 3 is 2.68 bits per heavy atom. The molecule has 0 unspecified atom stereocenters. The third kappa shape index (κ3) is 2.41. The first-order valence-electron chi connectivity index (χ1n) is 6.78. The minimum Gasteiger partial charge on any atom is -0.311 e. The van der Waals surface area contributed by atoms with Crippen LogP contribution in [0.15, 0.2) is 18.2 Å². The molecule has 3 nitrogen and oxygen atoms in total. The van der Waals surface area contributed by atoms with Gasteiger partial charge in [0.05, 0.1) is 10.5 Å². The van der Waals surface area contributed by atoms with E-state index in [9.17, 15) is 0 Å². The SMILES string of the molecule is ClCCc1nc2c(Cl)cccc2n1N1CCCCC1. The molecule has 2 aromatic rings. The lowest BCUT2D eigenvalue weighted by atomic mass is 10.2. The standard InChI is InChI=1S/C14H17Cl2N3/c15-8-7-13-17-14-11(16)5-4-6-12(14)19(13)18-9-2-1-3-10-18/h4-6H,1-3,7-10H2. The van der Waals surface area contributed by atoms with Crippen LogP contribution in [0.4, 0.5) is 0 Å². The minimum atomic E-state index is 0.578. The number of aryl methyl sites for hydroxylation is 1. The predicted molar refractivity (Wildman–Crippen MR) is 81.0 cm³/mol. The average Bonchev–Trinajstić information content (AvgIpc) is 2.80. The van der Waals surface area contributed by atoms with E-state index in [0.717, 1.165) is 36.4 Å². The zero-order valence-electron chi connectivity index (χ0n) is 10.8. The second-order valence-corrected chi connectivity index (χ2v) is 5.69. The summed E-state index contributed by atoms with van der Waals surface area (Å²) in [5.74, 6) is 1.59. The van der Waals surface area contributed by atoms with Crippen molar-refractivity contribution in [1.82, 2.24) is 9.66 Å². The molecule has 0 radical (unpaired) electrons. The Hall–Kier alpha value is -0.930. The maximum absolute atomic E-state index is 6.25. The number of para-hydroxylation sites is 1. The topological polar surface area (TPSA) is 21.1 Å². The van der Waals surface area contributed by atoms with Crippen LogP contribution < -0.4 is 5.01 Å². The van der Waals surface area contributed by atoms with Gasteiger partial charge < -0.3 is 5.01 Å². The lowest BCUT2D eigenvalue weighted by Gasteiger charge is -2.31. The number of fused-ring (bicyclic) bond motifs is 1. The molecule has 1 aliphatic heterocycles. The lowest BCUT2D eigenvalue weighted by molar-refractivity contribution is 0.476. The predicted octanol–water partition coefficient (Wildman–Crippen LogP) is 3.59. The smallest absolute Gasteiger partial charge is 0.130 e. The Morgan fingerprint density at radius 2 is 1.95 bits per heavy atom. The fourth-order valence-corrected chi connectivity index (χ4v) is 3.12. The molecular formula is C14H17Cl2N3. The molecule has 0 aliphatic carbocycles. The molecule has 102 valence electrons. The van der Waals surface area contributed by atoms with Crippen LogP contribution in [0.25, 0.3) is 11.0 Å². The third-order valence-electron chi connectivity index (χ3n) is 3.61. The first-order valence-corrected chi connectivity index (χ1v) is 7.69. The van der Waals surface area contributed by atoms with Crippen molar-refractivity contribution in [3.05, 3.63) is 29.0 Å². The van der Waals surface area contributed by atoms with Gasteiger partial charge in [0.1, 0.15) is 11.3 Å². The molecule has 1 aromatic carbocycles. The first-order chi connectivity index (χ1) is 9.31. The Bertz CT molecular complexity index is 573. The van der Waals surface area contributed by atoms with Gasteiger partial charge in [-0.15, -0.1) is 11.6 Å². The van der Waals surface area contributed by atoms with E-state index in [1.165, 1.54) is 19.3 Å². The van der Waals surface area contributed by atoms with Gasteiger partial charge in [0.25, 0.3) is 0 Å². The fourth-order valence-electron chi connectivity index (χ4n) is 2.74. The fraction of sp³-hybridized carbons (Fsp3) is 0.500. The summed E-state index contributed by atoms with van der Waals surface area (Å²) in [6, 6.07) is 5.96. The zero-order chi connectivity index (χ0) is 13.2. The molecule has 0 spiro atoms. The molecule has 0 amide bonds. The van der Waals surface area contributed by atoms with Crippen LogP contribution in [-0.4, -0.2) is 28.6 Å². The second kappa shape index (κ2) is 5.59. The maximum atomic E-state index is 6.25. The third-order valence-corrected chi connectivity index (χ3v) is 4.11. The van der Waals surface area contributed by atoms with E-state index < -0.39 is 0 Å². The summed E-state index contributed by atoms with van der Waals surface area (Å²) >= 11 is 12.2. The number of alkyl halides is 1. The molecule has 1 saturated heterocycles. The number of hydrogen-bond donors (Lipinski definition) is 0. The number of halogens is 2. The zero-order valence-corrected chi connectivity index (χ0v) is 12.3. The van der Waals surface area contributed by atoms with Gasteiger partial charge in [0.2, 0.25) is 0 Å². The van der Waals surface area contributed by atoms with Crippen molar-refractivity contribution >= 4 is 34.2 Å². The van der Waals surface area contributed by atoms with Crippen LogP contribution in [-0.2, 0) is 6.42 Å². The van der Waals surface area contributed by atoms with Gasteiger partial charge in [0.15, 0.2) is 0 Å². The van der Waals surface area contributed by atoms with Gasteiger partial charge in [-0.1, -0.05) is 17.7 Å². The van der Waals surface area contributed by atoms with Gasteiger partial charge in [-0.2, -0.15) is 0 Å². The van der Waals surface area contributed by atoms with Crippen molar-refractivity contribution in [2.45, 2.75) is 25.7 Å². The van der Waals surface area contributed by atoms with E-state index in [0.29, 0.717) is 10.9 Å². The quantitative estimate of drug-likeness (QED) is 0.807. The molecule has 0 N–H and O–H groups in total. The van der Waals surface area contributed by atoms with Crippen LogP contribution in [0.3, 0.4) is 0 Å². The van der Waals surface area contributed by atoms with E-state index in [1.54, 1.807) is 0 Å². The van der Waals surface area contributed by atoms with Crippen LogP contribution in [0.2, 0.25) is 5.02 Å². The van der Waals surface area contributed by atoms with Gasteiger partial charge in [0, 0.05) is 25.4 Å². The summed E-state index contributed by atoms with van der Waals surface area (Å²) in [6.07, 6.45) is 4.55. The summed E-state index contributed by atoms with van der Waals surface area (Å²) < 4.78 is 2.22. The summed E-state index contributed by atoms with van der Waals surface area (Å²) in [4.78, 5) is 4.68. The normalized spacial score (nSPS) is 16.2. The molecular weight excluding hydrogens is 281 g/mol. The Balaban J connectivity index is 2.13. The number of piperidine rings is 1. The lowest BCUT2D eigenvalue weighted by Crippen LogP contribution is -2.40. The van der Waals surface area contributed by atoms with Gasteiger partial charge in [-0.25, -0.2) is 9.66 Å². The van der Waals surface area contributed by atoms with Crippen LogP contribution in [0.1, 0.15) is 25.1 Å². The molecule has 3 rings (SSSR count). The van der Waals surface area contributed by atoms with Crippen molar-refractivity contribution in [3.63, 3.8) is 0 Å². The van der Waals surface area contributed by atoms with E-state index in [1.807, 2.05) is 12.1 Å². The van der Waals surface area contributed by atoms with Crippen molar-refractivity contribution in [2.24, 2.45) is 0 Å². The molecule has 1 aromatic heterocycles. The Labute approximate surface area is 123 Å². The first kappa shape index (κ1) is 13.1. The molecule has 1 aliphatic rings. The van der Waals surface area contributed by atoms with Crippen molar-refractivity contribution < 1.29 is 0 Å². The molecule has 0 bridgehead atoms. The molecule has 0 atom stereocenters. The van der Waals surface area contributed by atoms with Gasteiger partial charge in [-0.05, 0) is 31.4 Å². The number of benzene rings is 1. The van der Waals surface area contributed by atoms with Crippen LogP contribution in [0, 0.1) is 0 Å². The highest BCUT2D eigenvalue weighted by molar-refractivity contribution is 6.34. The highest BCUT2D eigenvalue weighted by Crippen LogP contribution is 2.25. The van der Waals surface area contributed by atoms with Gasteiger partial charge >= 0.3 is 0 Å². The monoisotopic (exact) mass is 297 g/mol. The largest absolute Gasteiger partial charge is 0.311 e. The van der Waals surface area contributed by atoms with Crippen LogP contribution in [0.5, 0.6) is 0 Å². The van der Waals surface area contributed by atoms with Crippen molar-refractivity contribution in [2.75, 3.05) is 24.0 Å². The highest BCUT2D eigenvalue weighted by atomic mass is 35.5.